The Morgan fingerprint density at radius 3 is 2.19 bits per heavy atom. The van der Waals surface area contributed by atoms with Crippen molar-refractivity contribution in [1.29, 1.82) is 0 Å². The Kier molecular flexibility index (Phi) is 4.89. The van der Waals surface area contributed by atoms with Gasteiger partial charge in [0.25, 0.3) is 0 Å². The van der Waals surface area contributed by atoms with E-state index in [4.69, 9.17) is 0 Å². The molecule has 2 aromatic carbocycles. The molecule has 0 saturated heterocycles. The number of rotatable bonds is 5. The maximum atomic E-state index is 13.0. The zero-order valence-electron chi connectivity index (χ0n) is 11.8. The van der Waals surface area contributed by atoms with E-state index >= 15 is 0 Å². The van der Waals surface area contributed by atoms with Crippen molar-refractivity contribution in [1.82, 2.24) is 0 Å². The second kappa shape index (κ2) is 6.66. The maximum Gasteiger partial charge on any atom is 0.418 e. The van der Waals surface area contributed by atoms with E-state index < -0.39 is 11.7 Å². The van der Waals surface area contributed by atoms with Crippen LogP contribution in [-0.4, -0.2) is 0 Å². The third-order valence-electron chi connectivity index (χ3n) is 3.34. The zero-order valence-corrected chi connectivity index (χ0v) is 11.8. The normalized spacial score (nSPS) is 13.0. The van der Waals surface area contributed by atoms with Crippen LogP contribution in [0.15, 0.2) is 54.6 Å². The van der Waals surface area contributed by atoms with Crippen LogP contribution in [0.1, 0.15) is 36.9 Å². The molecule has 0 fully saturated rings. The average Bonchev–Trinajstić information content (AvgIpc) is 2.47. The van der Waals surface area contributed by atoms with Gasteiger partial charge in [-0.25, -0.2) is 0 Å². The fourth-order valence-electron chi connectivity index (χ4n) is 2.34. The number of alkyl halides is 3. The summed E-state index contributed by atoms with van der Waals surface area (Å²) in [5.74, 6) is 0. The molecule has 0 aliphatic heterocycles. The van der Waals surface area contributed by atoms with Gasteiger partial charge < -0.3 is 5.32 Å². The van der Waals surface area contributed by atoms with Crippen molar-refractivity contribution in [3.05, 3.63) is 65.7 Å². The number of hydrogen-bond donors (Lipinski definition) is 1. The smallest absolute Gasteiger partial charge is 0.378 e. The summed E-state index contributed by atoms with van der Waals surface area (Å²) in [5, 5.41) is 3.05. The van der Waals surface area contributed by atoms with E-state index in [-0.39, 0.29) is 11.7 Å². The molecule has 0 amide bonds. The predicted molar refractivity (Wildman–Crippen MR) is 79.2 cm³/mol. The molecule has 0 aliphatic rings. The lowest BCUT2D eigenvalue weighted by atomic mass is 10.0. The predicted octanol–water partition coefficient (Wildman–Crippen LogP) is 5.66. The molecule has 1 N–H and O–H groups in total. The summed E-state index contributed by atoms with van der Waals surface area (Å²) in [6.45, 7) is 2.02. The first-order chi connectivity index (χ1) is 10.0. The second-order valence-electron chi connectivity index (χ2n) is 4.94. The summed E-state index contributed by atoms with van der Waals surface area (Å²) in [4.78, 5) is 0. The Hall–Kier alpha value is -1.97. The van der Waals surface area contributed by atoms with Crippen LogP contribution in [0.2, 0.25) is 0 Å². The van der Waals surface area contributed by atoms with Crippen LogP contribution >= 0.6 is 0 Å². The third kappa shape index (κ3) is 4.00. The topological polar surface area (TPSA) is 12.0 Å². The van der Waals surface area contributed by atoms with Crippen LogP contribution in [0.3, 0.4) is 0 Å². The lowest BCUT2D eigenvalue weighted by molar-refractivity contribution is -0.137. The zero-order chi connectivity index (χ0) is 15.3. The Morgan fingerprint density at radius 1 is 0.952 bits per heavy atom. The average molecular weight is 293 g/mol. The number of halogens is 3. The quantitative estimate of drug-likeness (QED) is 0.750. The van der Waals surface area contributed by atoms with Gasteiger partial charge in [0.2, 0.25) is 0 Å². The molecule has 0 radical (unpaired) electrons. The summed E-state index contributed by atoms with van der Waals surface area (Å²) in [6, 6.07) is 15.1. The Morgan fingerprint density at radius 2 is 1.57 bits per heavy atom. The van der Waals surface area contributed by atoms with E-state index in [0.29, 0.717) is 0 Å². The van der Waals surface area contributed by atoms with Gasteiger partial charge in [0, 0.05) is 5.69 Å². The Balaban J connectivity index is 2.30. The number of benzene rings is 2. The summed E-state index contributed by atoms with van der Waals surface area (Å²) in [6.07, 6.45) is -2.69. The molecular weight excluding hydrogens is 275 g/mol. The van der Waals surface area contributed by atoms with Gasteiger partial charge in [0.1, 0.15) is 0 Å². The fraction of sp³-hybridized carbons (Fsp3) is 0.294. The van der Waals surface area contributed by atoms with Gasteiger partial charge in [-0.2, -0.15) is 13.2 Å². The van der Waals surface area contributed by atoms with Crippen molar-refractivity contribution >= 4 is 5.69 Å². The Bertz CT molecular complexity index is 564. The van der Waals surface area contributed by atoms with Crippen LogP contribution < -0.4 is 5.32 Å². The lowest BCUT2D eigenvalue weighted by Crippen LogP contribution is -2.15. The van der Waals surface area contributed by atoms with E-state index in [1.165, 1.54) is 12.1 Å². The maximum absolute atomic E-state index is 13.0. The van der Waals surface area contributed by atoms with Crippen LogP contribution in [0.4, 0.5) is 18.9 Å². The van der Waals surface area contributed by atoms with E-state index in [9.17, 15) is 13.2 Å². The standard InChI is InChI=1S/C17H18F3N/c1-2-8-15(13-9-4-3-5-10-13)21-16-12-7-6-11-14(16)17(18,19)20/h3-7,9-12,15,21H,2,8H2,1H3. The SMILES string of the molecule is CCCC(Nc1ccccc1C(F)(F)F)c1ccccc1. The van der Waals surface area contributed by atoms with Crippen molar-refractivity contribution in [2.75, 3.05) is 5.32 Å². The molecule has 112 valence electrons. The van der Waals surface area contributed by atoms with Crippen LogP contribution in [0.5, 0.6) is 0 Å². The van der Waals surface area contributed by atoms with Crippen molar-refractivity contribution in [3.8, 4) is 0 Å². The van der Waals surface area contributed by atoms with E-state index in [1.54, 1.807) is 6.07 Å². The minimum Gasteiger partial charge on any atom is -0.378 e. The highest BCUT2D eigenvalue weighted by Gasteiger charge is 2.33. The van der Waals surface area contributed by atoms with E-state index in [2.05, 4.69) is 5.32 Å². The molecule has 0 heterocycles. The van der Waals surface area contributed by atoms with Crippen molar-refractivity contribution in [2.45, 2.75) is 32.0 Å². The van der Waals surface area contributed by atoms with Crippen LogP contribution in [-0.2, 0) is 6.18 Å². The van der Waals surface area contributed by atoms with Crippen molar-refractivity contribution in [3.63, 3.8) is 0 Å². The van der Waals surface area contributed by atoms with Gasteiger partial charge in [0.05, 0.1) is 11.6 Å². The highest BCUT2D eigenvalue weighted by atomic mass is 19.4. The molecular formula is C17H18F3N. The third-order valence-corrected chi connectivity index (χ3v) is 3.34. The summed E-state index contributed by atoms with van der Waals surface area (Å²) >= 11 is 0. The number of hydrogen-bond acceptors (Lipinski definition) is 1. The second-order valence-corrected chi connectivity index (χ2v) is 4.94. The molecule has 0 saturated carbocycles. The number of nitrogens with one attached hydrogen (secondary N) is 1. The van der Waals surface area contributed by atoms with Gasteiger partial charge in [-0.05, 0) is 24.1 Å². The first-order valence-corrected chi connectivity index (χ1v) is 7.00. The molecule has 1 atom stereocenters. The van der Waals surface area contributed by atoms with Gasteiger partial charge >= 0.3 is 6.18 Å². The van der Waals surface area contributed by atoms with Crippen molar-refractivity contribution in [2.24, 2.45) is 0 Å². The molecule has 0 aliphatic carbocycles. The first-order valence-electron chi connectivity index (χ1n) is 7.00. The Labute approximate surface area is 122 Å². The number of anilines is 1. The highest BCUT2D eigenvalue weighted by molar-refractivity contribution is 5.54. The molecule has 2 aromatic rings. The largest absolute Gasteiger partial charge is 0.418 e. The van der Waals surface area contributed by atoms with Crippen LogP contribution in [0, 0.1) is 0 Å². The minimum atomic E-state index is -4.35. The first kappa shape index (κ1) is 15.4. The van der Waals surface area contributed by atoms with E-state index in [1.807, 2.05) is 37.3 Å². The molecule has 0 spiro atoms. The lowest BCUT2D eigenvalue weighted by Gasteiger charge is -2.22. The molecule has 2 rings (SSSR count). The fourth-order valence-corrected chi connectivity index (χ4v) is 2.34. The molecule has 0 aromatic heterocycles. The molecule has 4 heteroatoms. The van der Waals surface area contributed by atoms with Gasteiger partial charge in [-0.3, -0.25) is 0 Å². The van der Waals surface area contributed by atoms with Gasteiger partial charge in [0.15, 0.2) is 0 Å². The van der Waals surface area contributed by atoms with Crippen LogP contribution in [0.25, 0.3) is 0 Å². The summed E-state index contributed by atoms with van der Waals surface area (Å²) in [7, 11) is 0. The van der Waals surface area contributed by atoms with Gasteiger partial charge in [-0.15, -0.1) is 0 Å². The summed E-state index contributed by atoms with van der Waals surface area (Å²) in [5.41, 5.74) is 0.505. The molecule has 0 bridgehead atoms. The van der Waals surface area contributed by atoms with Crippen molar-refractivity contribution < 1.29 is 13.2 Å². The minimum absolute atomic E-state index is 0.125. The number of para-hydroxylation sites is 1. The molecule has 1 nitrogen and oxygen atoms in total. The van der Waals surface area contributed by atoms with E-state index in [0.717, 1.165) is 24.5 Å². The molecule has 21 heavy (non-hydrogen) atoms. The monoisotopic (exact) mass is 293 g/mol. The molecule has 1 unspecified atom stereocenters. The summed E-state index contributed by atoms with van der Waals surface area (Å²) < 4.78 is 39.1. The highest BCUT2D eigenvalue weighted by Crippen LogP contribution is 2.36. The van der Waals surface area contributed by atoms with Gasteiger partial charge in [-0.1, -0.05) is 55.8 Å².